The zero-order chi connectivity index (χ0) is 14.8. The van der Waals surface area contributed by atoms with Gasteiger partial charge >= 0.3 is 0 Å². The molecule has 112 valence electrons. The van der Waals surface area contributed by atoms with Gasteiger partial charge in [-0.3, -0.25) is 0 Å². The molecular weight excluding hydrogens is 340 g/mol. The highest BCUT2D eigenvalue weighted by Crippen LogP contribution is 2.21. The maximum atomic E-state index is 12.4. The highest BCUT2D eigenvalue weighted by molar-refractivity contribution is 9.10. The van der Waals surface area contributed by atoms with Gasteiger partial charge in [-0.25, -0.2) is 13.1 Å². The second kappa shape index (κ2) is 6.56. The Labute approximate surface area is 129 Å². The third kappa shape index (κ3) is 3.81. The first kappa shape index (κ1) is 15.9. The molecule has 4 nitrogen and oxygen atoms in total. The van der Waals surface area contributed by atoms with Crippen LogP contribution >= 0.6 is 15.9 Å². The number of hydrogen-bond acceptors (Lipinski definition) is 3. The molecule has 1 aliphatic rings. The number of nitrogens with one attached hydrogen (secondary N) is 2. The second-order valence-corrected chi connectivity index (χ2v) is 8.00. The van der Waals surface area contributed by atoms with E-state index in [1.807, 2.05) is 13.8 Å². The van der Waals surface area contributed by atoms with Gasteiger partial charge in [0.1, 0.15) is 0 Å². The molecule has 0 amide bonds. The van der Waals surface area contributed by atoms with Crippen molar-refractivity contribution in [2.45, 2.75) is 37.6 Å². The summed E-state index contributed by atoms with van der Waals surface area (Å²) in [5.41, 5.74) is 0.917. The van der Waals surface area contributed by atoms with Crippen molar-refractivity contribution in [3.8, 4) is 0 Å². The third-order valence-electron chi connectivity index (χ3n) is 3.82. The molecule has 1 fully saturated rings. The van der Waals surface area contributed by atoms with E-state index in [4.69, 9.17) is 0 Å². The number of aryl methyl sites for hydroxylation is 1. The lowest BCUT2D eigenvalue weighted by molar-refractivity contribution is 0.320. The minimum atomic E-state index is -3.45. The van der Waals surface area contributed by atoms with Crippen LogP contribution in [-0.4, -0.2) is 27.5 Å². The van der Waals surface area contributed by atoms with Crippen molar-refractivity contribution in [1.29, 1.82) is 0 Å². The van der Waals surface area contributed by atoms with Gasteiger partial charge in [0.25, 0.3) is 0 Å². The first-order chi connectivity index (χ1) is 9.40. The summed E-state index contributed by atoms with van der Waals surface area (Å²) >= 11 is 3.39. The number of piperidine rings is 1. The molecule has 2 rings (SSSR count). The normalized spacial score (nSPS) is 21.6. The summed E-state index contributed by atoms with van der Waals surface area (Å²) in [6.07, 6.45) is 2.17. The molecule has 6 heteroatoms. The highest BCUT2D eigenvalue weighted by Gasteiger charge is 2.25. The van der Waals surface area contributed by atoms with Crippen LogP contribution in [0.1, 0.15) is 25.3 Å². The van der Waals surface area contributed by atoms with E-state index < -0.39 is 10.0 Å². The van der Waals surface area contributed by atoms with Crippen LogP contribution in [0.25, 0.3) is 0 Å². The lowest BCUT2D eigenvalue weighted by Gasteiger charge is -2.28. The fourth-order valence-electron chi connectivity index (χ4n) is 2.50. The fourth-order valence-corrected chi connectivity index (χ4v) is 4.14. The van der Waals surface area contributed by atoms with Crippen molar-refractivity contribution in [3.63, 3.8) is 0 Å². The van der Waals surface area contributed by atoms with Gasteiger partial charge in [-0.05, 0) is 69.5 Å². The van der Waals surface area contributed by atoms with Crippen molar-refractivity contribution in [3.05, 3.63) is 28.2 Å². The first-order valence-corrected chi connectivity index (χ1v) is 9.17. The van der Waals surface area contributed by atoms with Crippen LogP contribution < -0.4 is 10.0 Å². The van der Waals surface area contributed by atoms with Crippen LogP contribution in [-0.2, 0) is 10.0 Å². The number of halogens is 1. The zero-order valence-electron chi connectivity index (χ0n) is 11.8. The van der Waals surface area contributed by atoms with Crippen LogP contribution in [0.5, 0.6) is 0 Å². The minimum Gasteiger partial charge on any atom is -0.316 e. The summed E-state index contributed by atoms with van der Waals surface area (Å²) in [4.78, 5) is 0.328. The number of benzene rings is 1. The van der Waals surface area contributed by atoms with Crippen LogP contribution in [0.2, 0.25) is 0 Å². The van der Waals surface area contributed by atoms with Crippen LogP contribution in [0.3, 0.4) is 0 Å². The smallest absolute Gasteiger partial charge is 0.240 e. The molecule has 0 radical (unpaired) electrons. The SMILES string of the molecule is Cc1cc(S(=O)(=O)NC(C)C2CCCNC2)ccc1Br. The van der Waals surface area contributed by atoms with Gasteiger partial charge in [0, 0.05) is 10.5 Å². The molecule has 1 saturated heterocycles. The summed E-state index contributed by atoms with van der Waals surface area (Å²) < 4.78 is 28.5. The maximum Gasteiger partial charge on any atom is 0.240 e. The van der Waals surface area contributed by atoms with Gasteiger partial charge in [0.15, 0.2) is 0 Å². The number of hydrogen-bond donors (Lipinski definition) is 2. The Kier molecular flexibility index (Phi) is 5.23. The van der Waals surface area contributed by atoms with Crippen LogP contribution in [0.15, 0.2) is 27.6 Å². The molecule has 2 N–H and O–H groups in total. The van der Waals surface area contributed by atoms with Crippen molar-refractivity contribution >= 4 is 26.0 Å². The van der Waals surface area contributed by atoms with Crippen molar-refractivity contribution in [2.75, 3.05) is 13.1 Å². The molecule has 0 saturated carbocycles. The number of rotatable bonds is 4. The lowest BCUT2D eigenvalue weighted by atomic mass is 9.94. The summed E-state index contributed by atoms with van der Waals surface area (Å²) in [7, 11) is -3.45. The molecule has 1 aromatic rings. The van der Waals surface area contributed by atoms with E-state index in [0.29, 0.717) is 10.8 Å². The molecule has 0 aromatic heterocycles. The van der Waals surface area contributed by atoms with E-state index in [1.165, 1.54) is 0 Å². The van der Waals surface area contributed by atoms with Gasteiger partial charge in [-0.1, -0.05) is 15.9 Å². The quantitative estimate of drug-likeness (QED) is 0.866. The molecule has 0 aliphatic carbocycles. The second-order valence-electron chi connectivity index (χ2n) is 5.43. The summed E-state index contributed by atoms with van der Waals surface area (Å²) in [6.45, 7) is 5.74. The Balaban J connectivity index is 2.11. The van der Waals surface area contributed by atoms with E-state index in [-0.39, 0.29) is 6.04 Å². The highest BCUT2D eigenvalue weighted by atomic mass is 79.9. The molecular formula is C14H21BrN2O2S. The topological polar surface area (TPSA) is 58.2 Å². The average molecular weight is 361 g/mol. The maximum absolute atomic E-state index is 12.4. The van der Waals surface area contributed by atoms with Gasteiger partial charge < -0.3 is 5.32 Å². The lowest BCUT2D eigenvalue weighted by Crippen LogP contribution is -2.44. The predicted octanol–water partition coefficient (Wildman–Crippen LogP) is 2.42. The monoisotopic (exact) mass is 360 g/mol. The molecule has 2 atom stereocenters. The predicted molar refractivity (Wildman–Crippen MR) is 84.3 cm³/mol. The molecule has 0 bridgehead atoms. The average Bonchev–Trinajstić information content (AvgIpc) is 2.42. The molecule has 20 heavy (non-hydrogen) atoms. The largest absolute Gasteiger partial charge is 0.316 e. The molecule has 2 unspecified atom stereocenters. The minimum absolute atomic E-state index is 0.0586. The third-order valence-corrected chi connectivity index (χ3v) is 6.27. The zero-order valence-corrected chi connectivity index (χ0v) is 14.2. The first-order valence-electron chi connectivity index (χ1n) is 6.89. The summed E-state index contributed by atoms with van der Waals surface area (Å²) in [5.74, 6) is 0.357. The van der Waals surface area contributed by atoms with Gasteiger partial charge in [-0.2, -0.15) is 0 Å². The van der Waals surface area contributed by atoms with E-state index in [9.17, 15) is 8.42 Å². The summed E-state index contributed by atoms with van der Waals surface area (Å²) in [5, 5.41) is 3.32. The Morgan fingerprint density at radius 2 is 2.20 bits per heavy atom. The van der Waals surface area contributed by atoms with Crippen LogP contribution in [0, 0.1) is 12.8 Å². The number of sulfonamides is 1. The molecule has 1 aromatic carbocycles. The Morgan fingerprint density at radius 3 is 2.80 bits per heavy atom. The van der Waals surface area contributed by atoms with Gasteiger partial charge in [0.05, 0.1) is 4.90 Å². The van der Waals surface area contributed by atoms with Crippen molar-refractivity contribution in [1.82, 2.24) is 10.0 Å². The Hall–Kier alpha value is -0.430. The van der Waals surface area contributed by atoms with Crippen molar-refractivity contribution < 1.29 is 8.42 Å². The molecule has 1 heterocycles. The molecule has 0 spiro atoms. The Bertz CT molecular complexity index is 569. The van der Waals surface area contributed by atoms with Crippen molar-refractivity contribution in [2.24, 2.45) is 5.92 Å². The van der Waals surface area contributed by atoms with E-state index in [2.05, 4.69) is 26.0 Å². The van der Waals surface area contributed by atoms with E-state index in [1.54, 1.807) is 18.2 Å². The summed E-state index contributed by atoms with van der Waals surface area (Å²) in [6, 6.07) is 5.04. The van der Waals surface area contributed by atoms with Crippen LogP contribution in [0.4, 0.5) is 0 Å². The van der Waals surface area contributed by atoms with E-state index in [0.717, 1.165) is 36.0 Å². The Morgan fingerprint density at radius 1 is 1.45 bits per heavy atom. The van der Waals surface area contributed by atoms with Gasteiger partial charge in [-0.15, -0.1) is 0 Å². The fraction of sp³-hybridized carbons (Fsp3) is 0.571. The van der Waals surface area contributed by atoms with E-state index >= 15 is 0 Å². The molecule has 1 aliphatic heterocycles. The standard InChI is InChI=1S/C14H21BrN2O2S/c1-10-8-13(5-6-14(10)15)20(18,19)17-11(2)12-4-3-7-16-9-12/h5-6,8,11-12,16-17H,3-4,7,9H2,1-2H3. The van der Waals surface area contributed by atoms with Gasteiger partial charge in [0.2, 0.25) is 10.0 Å².